The third kappa shape index (κ3) is 4.66. The maximum Gasteiger partial charge on any atom is 0.308 e. The molecule has 2 N–H and O–H groups in total. The van der Waals surface area contributed by atoms with E-state index >= 15 is 0 Å². The van der Waals surface area contributed by atoms with Gasteiger partial charge in [-0.25, -0.2) is 0 Å². The number of aromatic nitrogens is 1. The van der Waals surface area contributed by atoms with E-state index in [0.717, 1.165) is 5.69 Å². The van der Waals surface area contributed by atoms with Gasteiger partial charge in [0.25, 0.3) is 5.91 Å². The van der Waals surface area contributed by atoms with Crippen molar-refractivity contribution in [3.05, 3.63) is 24.0 Å². The maximum atomic E-state index is 12.2. The van der Waals surface area contributed by atoms with Gasteiger partial charge < -0.3 is 20.1 Å². The quantitative estimate of drug-likeness (QED) is 0.812. The number of rotatable bonds is 6. The molecule has 1 unspecified atom stereocenters. The predicted molar refractivity (Wildman–Crippen MR) is 85.6 cm³/mol. The summed E-state index contributed by atoms with van der Waals surface area (Å²) in [6.45, 7) is 1.26. The Morgan fingerprint density at radius 1 is 1.43 bits per heavy atom. The van der Waals surface area contributed by atoms with E-state index in [1.807, 2.05) is 19.0 Å². The minimum Gasteiger partial charge on any atom is -0.481 e. The second-order valence-electron chi connectivity index (χ2n) is 5.90. The SMILES string of the molecule is CN(C)c1ccnc(C(=O)NCC(C(=O)O)C2CCOCC2)c1. The molecule has 1 aliphatic heterocycles. The summed E-state index contributed by atoms with van der Waals surface area (Å²) >= 11 is 0. The second kappa shape index (κ2) is 7.92. The van der Waals surface area contributed by atoms with Crippen molar-refractivity contribution in [2.45, 2.75) is 12.8 Å². The van der Waals surface area contributed by atoms with Crippen LogP contribution in [0.5, 0.6) is 0 Å². The summed E-state index contributed by atoms with van der Waals surface area (Å²) in [6, 6.07) is 3.48. The van der Waals surface area contributed by atoms with Crippen molar-refractivity contribution in [2.75, 3.05) is 38.8 Å². The molecule has 0 aromatic carbocycles. The fraction of sp³-hybridized carbons (Fsp3) is 0.562. The van der Waals surface area contributed by atoms with Crippen molar-refractivity contribution < 1.29 is 19.4 Å². The van der Waals surface area contributed by atoms with Crippen molar-refractivity contribution >= 4 is 17.6 Å². The number of pyridine rings is 1. The van der Waals surface area contributed by atoms with Crippen LogP contribution in [0.25, 0.3) is 0 Å². The fourth-order valence-corrected chi connectivity index (χ4v) is 2.69. The normalized spacial score (nSPS) is 16.6. The van der Waals surface area contributed by atoms with Gasteiger partial charge in [-0.05, 0) is 30.9 Å². The number of carbonyl (C=O) groups excluding carboxylic acids is 1. The molecule has 0 aliphatic carbocycles. The van der Waals surface area contributed by atoms with Crippen molar-refractivity contribution in [1.29, 1.82) is 0 Å². The summed E-state index contributed by atoms with van der Waals surface area (Å²) in [5.41, 5.74) is 1.15. The summed E-state index contributed by atoms with van der Waals surface area (Å²) in [7, 11) is 3.76. The molecule has 23 heavy (non-hydrogen) atoms. The smallest absolute Gasteiger partial charge is 0.308 e. The largest absolute Gasteiger partial charge is 0.481 e. The number of carbonyl (C=O) groups is 2. The molecule has 1 saturated heterocycles. The number of hydrogen-bond acceptors (Lipinski definition) is 5. The molecular weight excluding hydrogens is 298 g/mol. The Balaban J connectivity index is 1.98. The Kier molecular flexibility index (Phi) is 5.92. The van der Waals surface area contributed by atoms with E-state index in [9.17, 15) is 14.7 Å². The van der Waals surface area contributed by atoms with Gasteiger partial charge in [0.2, 0.25) is 0 Å². The monoisotopic (exact) mass is 321 g/mol. The highest BCUT2D eigenvalue weighted by molar-refractivity contribution is 5.93. The standard InChI is InChI=1S/C16H23N3O4/c1-19(2)12-3-6-17-14(9-12)15(20)18-10-13(16(21)22)11-4-7-23-8-5-11/h3,6,9,11,13H,4-5,7-8,10H2,1-2H3,(H,18,20)(H,21,22). The molecule has 0 spiro atoms. The summed E-state index contributed by atoms with van der Waals surface area (Å²) in [6.07, 6.45) is 2.99. The molecule has 1 aromatic heterocycles. The fourth-order valence-electron chi connectivity index (χ4n) is 2.69. The lowest BCUT2D eigenvalue weighted by molar-refractivity contribution is -0.144. The van der Waals surface area contributed by atoms with Crippen LogP contribution < -0.4 is 10.2 Å². The second-order valence-corrected chi connectivity index (χ2v) is 5.90. The third-order valence-electron chi connectivity index (χ3n) is 4.13. The molecule has 126 valence electrons. The third-order valence-corrected chi connectivity index (χ3v) is 4.13. The first-order valence-electron chi connectivity index (χ1n) is 7.71. The predicted octanol–water partition coefficient (Wildman–Crippen LogP) is 1.00. The van der Waals surface area contributed by atoms with Gasteiger partial charge in [0, 0.05) is 45.7 Å². The molecule has 1 aromatic rings. The van der Waals surface area contributed by atoms with Gasteiger partial charge >= 0.3 is 5.97 Å². The van der Waals surface area contributed by atoms with Gasteiger partial charge in [0.05, 0.1) is 5.92 Å². The zero-order valence-electron chi connectivity index (χ0n) is 13.5. The molecule has 2 rings (SSSR count). The molecule has 2 heterocycles. The van der Waals surface area contributed by atoms with E-state index in [-0.39, 0.29) is 24.1 Å². The number of hydrogen-bond donors (Lipinski definition) is 2. The molecule has 1 fully saturated rings. The average Bonchev–Trinajstić information content (AvgIpc) is 2.55. The van der Waals surface area contributed by atoms with Crippen molar-refractivity contribution in [3.8, 4) is 0 Å². The molecule has 1 aliphatic rings. The van der Waals surface area contributed by atoms with Gasteiger partial charge in [0.1, 0.15) is 5.69 Å². The van der Waals surface area contributed by atoms with Crippen LogP contribution in [0, 0.1) is 11.8 Å². The van der Waals surface area contributed by atoms with Gasteiger partial charge in [-0.2, -0.15) is 0 Å². The Morgan fingerprint density at radius 3 is 2.74 bits per heavy atom. The lowest BCUT2D eigenvalue weighted by atomic mass is 9.86. The van der Waals surface area contributed by atoms with Crippen LogP contribution in [0.2, 0.25) is 0 Å². The Labute approximate surface area is 135 Å². The van der Waals surface area contributed by atoms with Crippen molar-refractivity contribution in [3.63, 3.8) is 0 Å². The van der Waals surface area contributed by atoms with Gasteiger partial charge in [-0.15, -0.1) is 0 Å². The number of aliphatic carboxylic acids is 1. The summed E-state index contributed by atoms with van der Waals surface area (Å²) in [4.78, 5) is 29.6. The zero-order valence-corrected chi connectivity index (χ0v) is 13.5. The van der Waals surface area contributed by atoms with Gasteiger partial charge in [-0.1, -0.05) is 0 Å². The molecule has 0 saturated carbocycles. The molecular formula is C16H23N3O4. The van der Waals surface area contributed by atoms with E-state index in [0.29, 0.717) is 26.1 Å². The molecule has 0 bridgehead atoms. The number of anilines is 1. The molecule has 7 heteroatoms. The first kappa shape index (κ1) is 17.2. The summed E-state index contributed by atoms with van der Waals surface area (Å²) < 4.78 is 5.27. The highest BCUT2D eigenvalue weighted by Crippen LogP contribution is 2.23. The Bertz CT molecular complexity index is 556. The first-order valence-corrected chi connectivity index (χ1v) is 7.71. The average molecular weight is 321 g/mol. The van der Waals surface area contributed by atoms with E-state index in [1.54, 1.807) is 18.3 Å². The zero-order chi connectivity index (χ0) is 16.8. The Morgan fingerprint density at radius 2 is 2.13 bits per heavy atom. The van der Waals surface area contributed by atoms with Crippen LogP contribution in [-0.2, 0) is 9.53 Å². The van der Waals surface area contributed by atoms with Gasteiger partial charge in [0.15, 0.2) is 0 Å². The molecule has 1 atom stereocenters. The van der Waals surface area contributed by atoms with Crippen LogP contribution in [0.3, 0.4) is 0 Å². The summed E-state index contributed by atoms with van der Waals surface area (Å²) in [5, 5.41) is 12.1. The first-order chi connectivity index (χ1) is 11.0. The van der Waals surface area contributed by atoms with E-state index in [2.05, 4.69) is 10.3 Å². The topological polar surface area (TPSA) is 91.8 Å². The number of nitrogens with zero attached hydrogens (tertiary/aromatic N) is 2. The minimum absolute atomic E-state index is 0.0302. The molecule has 7 nitrogen and oxygen atoms in total. The van der Waals surface area contributed by atoms with Gasteiger partial charge in [-0.3, -0.25) is 14.6 Å². The lowest BCUT2D eigenvalue weighted by Gasteiger charge is -2.27. The van der Waals surface area contributed by atoms with Crippen molar-refractivity contribution in [1.82, 2.24) is 10.3 Å². The number of nitrogens with one attached hydrogen (secondary N) is 1. The van der Waals surface area contributed by atoms with Crippen LogP contribution in [0.15, 0.2) is 18.3 Å². The minimum atomic E-state index is -0.882. The number of carboxylic acids is 1. The number of ether oxygens (including phenoxy) is 1. The number of amides is 1. The van der Waals surface area contributed by atoms with E-state index in [4.69, 9.17) is 4.74 Å². The highest BCUT2D eigenvalue weighted by Gasteiger charge is 2.30. The maximum absolute atomic E-state index is 12.2. The van der Waals surface area contributed by atoms with Crippen LogP contribution in [0.1, 0.15) is 23.3 Å². The summed E-state index contributed by atoms with van der Waals surface area (Å²) in [5.74, 6) is -1.80. The van der Waals surface area contributed by atoms with E-state index in [1.165, 1.54) is 0 Å². The highest BCUT2D eigenvalue weighted by atomic mass is 16.5. The molecule has 0 radical (unpaired) electrons. The van der Waals surface area contributed by atoms with Crippen molar-refractivity contribution in [2.24, 2.45) is 11.8 Å². The van der Waals surface area contributed by atoms with Crippen LogP contribution in [0.4, 0.5) is 5.69 Å². The number of carboxylic acid groups (broad SMARTS) is 1. The van der Waals surface area contributed by atoms with Crippen LogP contribution >= 0.6 is 0 Å². The lowest BCUT2D eigenvalue weighted by Crippen LogP contribution is -2.39. The Hall–Kier alpha value is -2.15. The van der Waals surface area contributed by atoms with E-state index < -0.39 is 11.9 Å². The molecule has 1 amide bonds. The van der Waals surface area contributed by atoms with Crippen LogP contribution in [-0.4, -0.2) is 55.8 Å².